The minimum atomic E-state index is -0.531. The number of halogens is 1. The molecule has 0 spiro atoms. The first-order valence-electron chi connectivity index (χ1n) is 8.86. The van der Waals surface area contributed by atoms with Crippen molar-refractivity contribution in [3.05, 3.63) is 47.2 Å². The zero-order valence-electron chi connectivity index (χ0n) is 15.7. The summed E-state index contributed by atoms with van der Waals surface area (Å²) in [7, 11) is 0. The predicted molar refractivity (Wildman–Crippen MR) is 103 cm³/mol. The molecule has 2 amide bonds. The van der Waals surface area contributed by atoms with E-state index in [9.17, 15) is 9.59 Å². The van der Waals surface area contributed by atoms with Crippen LogP contribution in [0.2, 0.25) is 5.02 Å². The van der Waals surface area contributed by atoms with E-state index in [1.807, 2.05) is 32.9 Å². The Morgan fingerprint density at radius 2 is 1.56 bits per heavy atom. The van der Waals surface area contributed by atoms with Crippen LogP contribution in [0, 0.1) is 0 Å². The van der Waals surface area contributed by atoms with Crippen LogP contribution in [0.3, 0.4) is 0 Å². The summed E-state index contributed by atoms with van der Waals surface area (Å²) in [6.45, 7) is 7.25. The molecule has 1 aromatic heterocycles. The van der Waals surface area contributed by atoms with Crippen molar-refractivity contribution >= 4 is 23.6 Å². The molecule has 0 bridgehead atoms. The van der Waals surface area contributed by atoms with Gasteiger partial charge in [0.25, 0.3) is 5.91 Å². The van der Waals surface area contributed by atoms with Crippen molar-refractivity contribution in [1.29, 1.82) is 0 Å². The van der Waals surface area contributed by atoms with E-state index in [0.717, 1.165) is 5.56 Å². The molecular formula is C20H23ClN2O4. The number of amides is 2. The van der Waals surface area contributed by atoms with Gasteiger partial charge in [0.1, 0.15) is 11.4 Å². The molecule has 27 heavy (non-hydrogen) atoms. The Balaban J connectivity index is 1.60. The van der Waals surface area contributed by atoms with Crippen LogP contribution in [0.5, 0.6) is 0 Å². The van der Waals surface area contributed by atoms with Crippen molar-refractivity contribution < 1.29 is 18.7 Å². The van der Waals surface area contributed by atoms with Crippen molar-refractivity contribution in [2.75, 3.05) is 26.2 Å². The fourth-order valence-electron chi connectivity index (χ4n) is 2.80. The maximum absolute atomic E-state index is 12.7. The number of benzene rings is 1. The van der Waals surface area contributed by atoms with Gasteiger partial charge in [0.2, 0.25) is 0 Å². The molecule has 0 N–H and O–H groups in total. The van der Waals surface area contributed by atoms with Gasteiger partial charge in [-0.05, 0) is 57.2 Å². The number of furan rings is 1. The van der Waals surface area contributed by atoms with E-state index in [1.54, 1.807) is 34.1 Å². The van der Waals surface area contributed by atoms with E-state index in [1.165, 1.54) is 0 Å². The summed E-state index contributed by atoms with van der Waals surface area (Å²) in [6, 6.07) is 10.7. The molecule has 2 aromatic rings. The maximum atomic E-state index is 12.7. The summed E-state index contributed by atoms with van der Waals surface area (Å²) in [5, 5.41) is 0.643. The molecule has 1 aliphatic rings. The van der Waals surface area contributed by atoms with Crippen LogP contribution in [-0.4, -0.2) is 53.6 Å². The van der Waals surface area contributed by atoms with Crippen molar-refractivity contribution in [3.63, 3.8) is 0 Å². The Morgan fingerprint density at radius 3 is 2.15 bits per heavy atom. The van der Waals surface area contributed by atoms with Gasteiger partial charge in [0.05, 0.1) is 0 Å². The molecule has 144 valence electrons. The molecule has 1 saturated heterocycles. The van der Waals surface area contributed by atoms with Crippen molar-refractivity contribution in [3.8, 4) is 11.3 Å². The molecule has 7 heteroatoms. The number of hydrogen-bond donors (Lipinski definition) is 0. The minimum Gasteiger partial charge on any atom is -0.451 e. The molecule has 1 fully saturated rings. The second-order valence-electron chi connectivity index (χ2n) is 7.43. The van der Waals surface area contributed by atoms with Gasteiger partial charge in [-0.15, -0.1) is 0 Å². The predicted octanol–water partition coefficient (Wildman–Crippen LogP) is 4.29. The summed E-state index contributed by atoms with van der Waals surface area (Å²) in [5.41, 5.74) is 0.323. The van der Waals surface area contributed by atoms with Gasteiger partial charge < -0.3 is 19.0 Å². The highest BCUT2D eigenvalue weighted by molar-refractivity contribution is 6.30. The molecule has 2 heterocycles. The van der Waals surface area contributed by atoms with Crippen LogP contribution < -0.4 is 0 Å². The van der Waals surface area contributed by atoms with Gasteiger partial charge in [-0.1, -0.05) is 11.6 Å². The van der Waals surface area contributed by atoms with Crippen molar-refractivity contribution in [2.24, 2.45) is 0 Å². The standard InChI is InChI=1S/C20H23ClN2O4/c1-20(2,3)27-19(25)23-12-10-22(11-13-23)18(24)17-9-8-16(26-17)14-4-6-15(21)7-5-14/h4-9H,10-13H2,1-3H3. The molecule has 0 radical (unpaired) electrons. The highest BCUT2D eigenvalue weighted by Gasteiger charge is 2.29. The first-order chi connectivity index (χ1) is 12.7. The molecule has 0 saturated carbocycles. The fraction of sp³-hybridized carbons (Fsp3) is 0.400. The Kier molecular flexibility index (Phi) is 5.46. The molecule has 0 atom stereocenters. The van der Waals surface area contributed by atoms with Gasteiger partial charge in [-0.25, -0.2) is 4.79 Å². The summed E-state index contributed by atoms with van der Waals surface area (Å²) in [4.78, 5) is 28.1. The van der Waals surface area contributed by atoms with E-state index in [0.29, 0.717) is 37.0 Å². The lowest BCUT2D eigenvalue weighted by Gasteiger charge is -2.35. The van der Waals surface area contributed by atoms with Crippen molar-refractivity contribution in [2.45, 2.75) is 26.4 Å². The van der Waals surface area contributed by atoms with Crippen LogP contribution in [0.15, 0.2) is 40.8 Å². The van der Waals surface area contributed by atoms with Crippen LogP contribution in [0.4, 0.5) is 4.79 Å². The number of rotatable bonds is 2. The molecule has 1 aliphatic heterocycles. The number of carbonyl (C=O) groups is 2. The summed E-state index contributed by atoms with van der Waals surface area (Å²) in [6.07, 6.45) is -0.349. The summed E-state index contributed by atoms with van der Waals surface area (Å²) in [5.74, 6) is 0.715. The third kappa shape index (κ3) is 4.83. The monoisotopic (exact) mass is 390 g/mol. The smallest absolute Gasteiger partial charge is 0.410 e. The van der Waals surface area contributed by atoms with Crippen LogP contribution in [0.1, 0.15) is 31.3 Å². The largest absolute Gasteiger partial charge is 0.451 e. The van der Waals surface area contributed by atoms with E-state index in [4.69, 9.17) is 20.8 Å². The van der Waals surface area contributed by atoms with Crippen molar-refractivity contribution in [1.82, 2.24) is 9.80 Å². The van der Waals surface area contributed by atoms with Crippen LogP contribution >= 0.6 is 11.6 Å². The highest BCUT2D eigenvalue weighted by Crippen LogP contribution is 2.24. The first-order valence-corrected chi connectivity index (χ1v) is 9.24. The third-order valence-electron chi connectivity index (χ3n) is 4.16. The minimum absolute atomic E-state index is 0.181. The number of hydrogen-bond acceptors (Lipinski definition) is 4. The molecule has 3 rings (SSSR count). The number of piperazine rings is 1. The van der Waals surface area contributed by atoms with Gasteiger partial charge >= 0.3 is 6.09 Å². The average molecular weight is 391 g/mol. The topological polar surface area (TPSA) is 63.0 Å². The Hall–Kier alpha value is -2.47. The molecular weight excluding hydrogens is 368 g/mol. The van der Waals surface area contributed by atoms with E-state index >= 15 is 0 Å². The van der Waals surface area contributed by atoms with Gasteiger partial charge in [-0.3, -0.25) is 4.79 Å². The molecule has 0 aliphatic carbocycles. The Labute approximate surface area is 163 Å². The lowest BCUT2D eigenvalue weighted by Crippen LogP contribution is -2.51. The third-order valence-corrected chi connectivity index (χ3v) is 4.42. The quantitative estimate of drug-likeness (QED) is 0.767. The lowest BCUT2D eigenvalue weighted by atomic mass is 10.2. The van der Waals surface area contributed by atoms with Gasteiger partial charge in [0.15, 0.2) is 5.76 Å². The molecule has 6 nitrogen and oxygen atoms in total. The summed E-state index contributed by atoms with van der Waals surface area (Å²) < 4.78 is 11.1. The number of nitrogens with zero attached hydrogens (tertiary/aromatic N) is 2. The van der Waals surface area contributed by atoms with Gasteiger partial charge in [0, 0.05) is 36.8 Å². The second kappa shape index (κ2) is 7.64. The normalized spacial score (nSPS) is 15.0. The van der Waals surface area contributed by atoms with Crippen LogP contribution in [0.25, 0.3) is 11.3 Å². The average Bonchev–Trinajstić information content (AvgIpc) is 3.10. The van der Waals surface area contributed by atoms with E-state index in [-0.39, 0.29) is 17.8 Å². The van der Waals surface area contributed by atoms with E-state index in [2.05, 4.69) is 0 Å². The second-order valence-corrected chi connectivity index (χ2v) is 7.87. The van der Waals surface area contributed by atoms with Crippen LogP contribution in [-0.2, 0) is 4.74 Å². The maximum Gasteiger partial charge on any atom is 0.410 e. The zero-order valence-corrected chi connectivity index (χ0v) is 16.5. The zero-order chi connectivity index (χ0) is 19.6. The molecule has 1 aromatic carbocycles. The lowest BCUT2D eigenvalue weighted by molar-refractivity contribution is 0.0137. The number of ether oxygens (including phenoxy) is 1. The number of carbonyl (C=O) groups excluding carboxylic acids is 2. The first kappa shape index (κ1) is 19.3. The van der Waals surface area contributed by atoms with E-state index < -0.39 is 5.60 Å². The summed E-state index contributed by atoms with van der Waals surface area (Å²) >= 11 is 5.90. The SMILES string of the molecule is CC(C)(C)OC(=O)N1CCN(C(=O)c2ccc(-c3ccc(Cl)cc3)o2)CC1. The molecule has 0 unspecified atom stereocenters. The highest BCUT2D eigenvalue weighted by atomic mass is 35.5. The Bertz CT molecular complexity index is 815. The van der Waals surface area contributed by atoms with Gasteiger partial charge in [-0.2, -0.15) is 0 Å². The fourth-order valence-corrected chi connectivity index (χ4v) is 2.92. The Morgan fingerprint density at radius 1 is 0.963 bits per heavy atom.